The van der Waals surface area contributed by atoms with Gasteiger partial charge in [-0.3, -0.25) is 4.79 Å². The average Bonchev–Trinajstić information content (AvgIpc) is 2.67. The van der Waals surface area contributed by atoms with Crippen LogP contribution in [0.15, 0.2) is 48.5 Å². The maximum absolute atomic E-state index is 11.6. The number of hydrogen-bond acceptors (Lipinski definition) is 3. The average molecular weight is 352 g/mol. The Morgan fingerprint density at radius 1 is 1.00 bits per heavy atom. The zero-order valence-electron chi connectivity index (χ0n) is 15.6. The van der Waals surface area contributed by atoms with E-state index in [0.29, 0.717) is 12.3 Å². The van der Waals surface area contributed by atoms with Crippen molar-refractivity contribution < 1.29 is 9.90 Å². The number of carboxylic acid groups (broad SMARTS) is 1. The first kappa shape index (κ1) is 18.5. The molecule has 1 atom stereocenters. The second-order valence-corrected chi connectivity index (χ2v) is 7.43. The summed E-state index contributed by atoms with van der Waals surface area (Å²) in [7, 11) is 0. The molecule has 0 aliphatic carbocycles. The maximum atomic E-state index is 11.6. The Morgan fingerprint density at radius 2 is 1.54 bits per heavy atom. The number of hydrogen-bond donors (Lipinski definition) is 2. The molecule has 3 rings (SSSR count). The maximum Gasteiger partial charge on any atom is 0.310 e. The van der Waals surface area contributed by atoms with Gasteiger partial charge in [-0.05, 0) is 41.2 Å². The van der Waals surface area contributed by atoms with E-state index >= 15 is 0 Å². The number of anilines is 1. The summed E-state index contributed by atoms with van der Waals surface area (Å²) in [4.78, 5) is 14.0. The van der Waals surface area contributed by atoms with Crippen molar-refractivity contribution in [3.63, 3.8) is 0 Å². The van der Waals surface area contributed by atoms with Gasteiger partial charge in [0.1, 0.15) is 0 Å². The topological polar surface area (TPSA) is 52.6 Å². The first-order valence-electron chi connectivity index (χ1n) is 9.43. The Bertz CT molecular complexity index is 717. The van der Waals surface area contributed by atoms with E-state index in [1.165, 1.54) is 5.69 Å². The van der Waals surface area contributed by atoms with Crippen LogP contribution in [0.2, 0.25) is 0 Å². The number of benzene rings is 2. The summed E-state index contributed by atoms with van der Waals surface area (Å²) in [5.41, 5.74) is 4.42. The number of carbonyl (C=O) groups is 1. The Labute approximate surface area is 155 Å². The van der Waals surface area contributed by atoms with Crippen LogP contribution in [-0.4, -0.2) is 37.3 Å². The lowest BCUT2D eigenvalue weighted by molar-refractivity contribution is -0.139. The van der Waals surface area contributed by atoms with E-state index in [1.807, 2.05) is 24.3 Å². The minimum Gasteiger partial charge on any atom is -0.481 e. The van der Waals surface area contributed by atoms with Crippen molar-refractivity contribution in [2.45, 2.75) is 26.2 Å². The molecular weight excluding hydrogens is 324 g/mol. The van der Waals surface area contributed by atoms with E-state index in [1.54, 1.807) is 0 Å². The van der Waals surface area contributed by atoms with Gasteiger partial charge in [-0.15, -0.1) is 0 Å². The summed E-state index contributed by atoms with van der Waals surface area (Å²) in [6.07, 6.45) is 0.661. The van der Waals surface area contributed by atoms with E-state index in [-0.39, 0.29) is 0 Å². The van der Waals surface area contributed by atoms with E-state index < -0.39 is 11.9 Å². The van der Waals surface area contributed by atoms with Crippen LogP contribution < -0.4 is 10.2 Å². The fraction of sp³-hybridized carbons (Fsp3) is 0.409. The molecule has 26 heavy (non-hydrogen) atoms. The van der Waals surface area contributed by atoms with Crippen molar-refractivity contribution in [2.75, 3.05) is 31.1 Å². The lowest BCUT2D eigenvalue weighted by Crippen LogP contribution is -2.43. The Balaban J connectivity index is 1.74. The third-order valence-electron chi connectivity index (χ3n) is 5.00. The molecule has 0 spiro atoms. The number of nitrogens with zero attached hydrogens (tertiary/aromatic N) is 1. The van der Waals surface area contributed by atoms with Gasteiger partial charge in [0.15, 0.2) is 0 Å². The summed E-state index contributed by atoms with van der Waals surface area (Å²) < 4.78 is 0. The number of aliphatic carboxylic acids is 1. The van der Waals surface area contributed by atoms with Crippen molar-refractivity contribution in [1.29, 1.82) is 0 Å². The predicted octanol–water partition coefficient (Wildman–Crippen LogP) is 3.98. The summed E-state index contributed by atoms with van der Waals surface area (Å²) in [5.74, 6) is -0.820. The van der Waals surface area contributed by atoms with Gasteiger partial charge >= 0.3 is 5.97 Å². The highest BCUT2D eigenvalue weighted by atomic mass is 16.4. The molecule has 2 aromatic carbocycles. The van der Waals surface area contributed by atoms with Crippen LogP contribution in [0.1, 0.15) is 31.7 Å². The summed E-state index contributed by atoms with van der Waals surface area (Å²) in [5, 5.41) is 12.9. The van der Waals surface area contributed by atoms with Gasteiger partial charge < -0.3 is 15.3 Å². The van der Waals surface area contributed by atoms with Gasteiger partial charge in [-0.1, -0.05) is 50.2 Å². The molecule has 1 aliphatic heterocycles. The normalized spacial score (nSPS) is 15.9. The standard InChI is InChI=1S/C22H28N2O2/c1-16(2)15-21(22(25)26)19-5-3-17(4-6-19)18-7-9-20(10-8-18)24-13-11-23-12-14-24/h3-10,16,21,23H,11-15H2,1-2H3,(H,25,26). The fourth-order valence-corrected chi connectivity index (χ4v) is 3.55. The van der Waals surface area contributed by atoms with Gasteiger partial charge in [0.2, 0.25) is 0 Å². The Morgan fingerprint density at radius 3 is 2.04 bits per heavy atom. The van der Waals surface area contributed by atoms with E-state index in [4.69, 9.17) is 0 Å². The molecule has 0 aromatic heterocycles. The van der Waals surface area contributed by atoms with Crippen molar-refractivity contribution in [1.82, 2.24) is 5.32 Å². The molecule has 1 saturated heterocycles. The number of carboxylic acids is 1. The third kappa shape index (κ3) is 4.44. The van der Waals surface area contributed by atoms with Crippen LogP contribution in [0.4, 0.5) is 5.69 Å². The molecule has 0 saturated carbocycles. The van der Waals surface area contributed by atoms with E-state index in [9.17, 15) is 9.90 Å². The summed E-state index contributed by atoms with van der Waals surface area (Å²) >= 11 is 0. The van der Waals surface area contributed by atoms with E-state index in [2.05, 4.69) is 48.3 Å². The molecule has 1 heterocycles. The molecule has 1 fully saturated rings. The smallest absolute Gasteiger partial charge is 0.310 e. The first-order valence-corrected chi connectivity index (χ1v) is 9.43. The highest BCUT2D eigenvalue weighted by Gasteiger charge is 2.21. The second-order valence-electron chi connectivity index (χ2n) is 7.43. The molecule has 2 N–H and O–H groups in total. The molecule has 0 bridgehead atoms. The fourth-order valence-electron chi connectivity index (χ4n) is 3.55. The summed E-state index contributed by atoms with van der Waals surface area (Å²) in [6.45, 7) is 8.27. The van der Waals surface area contributed by atoms with Crippen LogP contribution in [-0.2, 0) is 4.79 Å². The van der Waals surface area contributed by atoms with Crippen molar-refractivity contribution in [3.05, 3.63) is 54.1 Å². The molecular formula is C22H28N2O2. The van der Waals surface area contributed by atoms with Gasteiger partial charge in [0.05, 0.1) is 5.92 Å². The molecule has 2 aromatic rings. The van der Waals surface area contributed by atoms with Crippen LogP contribution in [0.25, 0.3) is 11.1 Å². The van der Waals surface area contributed by atoms with Crippen LogP contribution in [0.3, 0.4) is 0 Å². The summed E-state index contributed by atoms with van der Waals surface area (Å²) in [6, 6.07) is 16.6. The molecule has 0 amide bonds. The lowest BCUT2D eigenvalue weighted by atomic mass is 9.89. The van der Waals surface area contributed by atoms with Gasteiger partial charge in [0, 0.05) is 31.9 Å². The highest BCUT2D eigenvalue weighted by Crippen LogP contribution is 2.28. The number of nitrogens with one attached hydrogen (secondary N) is 1. The molecule has 138 valence electrons. The minimum atomic E-state index is -0.744. The lowest BCUT2D eigenvalue weighted by Gasteiger charge is -2.29. The van der Waals surface area contributed by atoms with Gasteiger partial charge in [-0.2, -0.15) is 0 Å². The van der Waals surface area contributed by atoms with Gasteiger partial charge in [-0.25, -0.2) is 0 Å². The molecule has 4 nitrogen and oxygen atoms in total. The van der Waals surface area contributed by atoms with Crippen molar-refractivity contribution in [2.24, 2.45) is 5.92 Å². The molecule has 4 heteroatoms. The van der Waals surface area contributed by atoms with Crippen LogP contribution in [0, 0.1) is 5.92 Å². The zero-order valence-corrected chi connectivity index (χ0v) is 15.6. The highest BCUT2D eigenvalue weighted by molar-refractivity contribution is 5.76. The Hall–Kier alpha value is -2.33. The predicted molar refractivity (Wildman–Crippen MR) is 107 cm³/mol. The van der Waals surface area contributed by atoms with Crippen LogP contribution in [0.5, 0.6) is 0 Å². The van der Waals surface area contributed by atoms with Gasteiger partial charge in [0.25, 0.3) is 0 Å². The second kappa shape index (κ2) is 8.37. The Kier molecular flexibility index (Phi) is 5.94. The molecule has 1 aliphatic rings. The van der Waals surface area contributed by atoms with Crippen LogP contribution >= 0.6 is 0 Å². The monoisotopic (exact) mass is 352 g/mol. The molecule has 1 unspecified atom stereocenters. The molecule has 0 radical (unpaired) electrons. The SMILES string of the molecule is CC(C)CC(C(=O)O)c1ccc(-c2ccc(N3CCNCC3)cc2)cc1. The minimum absolute atomic E-state index is 0.355. The first-order chi connectivity index (χ1) is 12.5. The number of piperazine rings is 1. The van der Waals surface area contributed by atoms with Crippen molar-refractivity contribution in [3.8, 4) is 11.1 Å². The van der Waals surface area contributed by atoms with E-state index in [0.717, 1.165) is 42.9 Å². The third-order valence-corrected chi connectivity index (χ3v) is 5.00. The largest absolute Gasteiger partial charge is 0.481 e. The number of rotatable bonds is 6. The quantitative estimate of drug-likeness (QED) is 0.826. The van der Waals surface area contributed by atoms with Crippen molar-refractivity contribution >= 4 is 11.7 Å². The zero-order chi connectivity index (χ0) is 18.5.